The lowest BCUT2D eigenvalue weighted by Gasteiger charge is -2.38. The zero-order valence-electron chi connectivity index (χ0n) is 20.6. The van der Waals surface area contributed by atoms with Crippen molar-refractivity contribution in [2.75, 3.05) is 11.9 Å². The molecule has 1 aromatic heterocycles. The quantitative estimate of drug-likeness (QED) is 0.375. The molecule has 0 spiro atoms. The van der Waals surface area contributed by atoms with E-state index >= 15 is 0 Å². The Morgan fingerprint density at radius 2 is 1.92 bits per heavy atom. The van der Waals surface area contributed by atoms with Crippen molar-refractivity contribution in [3.63, 3.8) is 0 Å². The van der Waals surface area contributed by atoms with Crippen molar-refractivity contribution in [2.45, 2.75) is 55.0 Å². The second-order valence-electron chi connectivity index (χ2n) is 9.80. The van der Waals surface area contributed by atoms with Gasteiger partial charge >= 0.3 is 6.18 Å². The minimum Gasteiger partial charge on any atom is -0.396 e. The van der Waals surface area contributed by atoms with E-state index in [9.17, 15) is 32.0 Å². The molecule has 38 heavy (non-hydrogen) atoms. The van der Waals surface area contributed by atoms with Crippen LogP contribution in [0.2, 0.25) is 5.02 Å². The Morgan fingerprint density at radius 3 is 2.58 bits per heavy atom. The van der Waals surface area contributed by atoms with E-state index in [1.54, 1.807) is 6.07 Å². The topological polar surface area (TPSA) is 103 Å². The first-order valence-corrected chi connectivity index (χ1v) is 13.7. The number of alkyl halides is 3. The standard InChI is InChI=1S/C27H25ClF3N3O3S/c1-26(2)13-25(34-22-8-4-3-7-20(22)26)38(36,37)23-12-18(21(28)10-16(23)6-5-9-35)19-15-33-24(27(29,30)31)11-17(19)14-32/h3-4,7-8,10-12,15,25,34-35H,5-6,9,13H2,1-2H3. The molecule has 0 saturated carbocycles. The van der Waals surface area contributed by atoms with Crippen molar-refractivity contribution in [1.82, 2.24) is 4.98 Å². The predicted octanol–water partition coefficient (Wildman–Crippen LogP) is 6.11. The molecule has 11 heteroatoms. The molecule has 0 bridgehead atoms. The van der Waals surface area contributed by atoms with Crippen LogP contribution in [0.3, 0.4) is 0 Å². The molecule has 4 rings (SSSR count). The van der Waals surface area contributed by atoms with Gasteiger partial charge in [-0.05, 0) is 60.1 Å². The monoisotopic (exact) mass is 563 g/mol. The number of nitrogens with one attached hydrogen (secondary N) is 1. The largest absolute Gasteiger partial charge is 0.433 e. The number of nitriles is 1. The molecule has 0 fully saturated rings. The fourth-order valence-electron chi connectivity index (χ4n) is 4.79. The third kappa shape index (κ3) is 5.23. The minimum atomic E-state index is -4.76. The van der Waals surface area contributed by atoms with Crippen LogP contribution in [0.5, 0.6) is 0 Å². The summed E-state index contributed by atoms with van der Waals surface area (Å²) in [5.41, 5.74) is 0.0557. The van der Waals surface area contributed by atoms with E-state index in [1.807, 2.05) is 38.1 Å². The van der Waals surface area contributed by atoms with Gasteiger partial charge in [-0.15, -0.1) is 0 Å². The number of hydrogen-bond acceptors (Lipinski definition) is 6. The number of halogens is 4. The first-order valence-electron chi connectivity index (χ1n) is 11.8. The molecule has 3 aromatic rings. The second kappa shape index (κ2) is 10.2. The van der Waals surface area contributed by atoms with E-state index < -0.39 is 32.5 Å². The van der Waals surface area contributed by atoms with Gasteiger partial charge in [0.25, 0.3) is 0 Å². The van der Waals surface area contributed by atoms with Gasteiger partial charge in [0.05, 0.1) is 16.5 Å². The van der Waals surface area contributed by atoms with Crippen LogP contribution in [0.1, 0.15) is 49.1 Å². The predicted molar refractivity (Wildman–Crippen MR) is 138 cm³/mol. The molecule has 1 unspecified atom stereocenters. The fourth-order valence-corrected chi connectivity index (χ4v) is 7.11. The third-order valence-corrected chi connectivity index (χ3v) is 9.05. The summed E-state index contributed by atoms with van der Waals surface area (Å²) in [4.78, 5) is 3.38. The Balaban J connectivity index is 1.88. The summed E-state index contributed by atoms with van der Waals surface area (Å²) in [6.45, 7) is 3.74. The molecule has 2 aromatic carbocycles. The average Bonchev–Trinajstić information content (AvgIpc) is 2.86. The molecule has 0 saturated heterocycles. The minimum absolute atomic E-state index is 0.0158. The molecule has 1 aliphatic rings. The highest BCUT2D eigenvalue weighted by atomic mass is 35.5. The number of aryl methyl sites for hydroxylation is 1. The van der Waals surface area contributed by atoms with Crippen LogP contribution < -0.4 is 5.32 Å². The number of benzene rings is 2. The van der Waals surface area contributed by atoms with Gasteiger partial charge in [-0.1, -0.05) is 43.6 Å². The van der Waals surface area contributed by atoms with Crippen molar-refractivity contribution >= 4 is 27.1 Å². The number of pyridine rings is 1. The van der Waals surface area contributed by atoms with Gasteiger partial charge in [-0.3, -0.25) is 4.98 Å². The molecule has 1 aliphatic heterocycles. The highest BCUT2D eigenvalue weighted by Crippen LogP contribution is 2.43. The fraction of sp³-hybridized carbons (Fsp3) is 0.333. The normalized spacial score (nSPS) is 16.8. The van der Waals surface area contributed by atoms with Gasteiger partial charge in [0.15, 0.2) is 9.84 Å². The number of nitrogens with zero attached hydrogens (tertiary/aromatic N) is 2. The van der Waals surface area contributed by atoms with E-state index in [0.717, 1.165) is 11.8 Å². The summed E-state index contributed by atoms with van der Waals surface area (Å²) in [6.07, 6.45) is -3.14. The molecule has 2 heterocycles. The summed E-state index contributed by atoms with van der Waals surface area (Å²) in [7, 11) is -4.07. The van der Waals surface area contributed by atoms with Crippen LogP contribution in [0.25, 0.3) is 11.1 Å². The Kier molecular flexibility index (Phi) is 7.49. The maximum Gasteiger partial charge on any atom is 0.433 e. The van der Waals surface area contributed by atoms with Crippen LogP contribution >= 0.6 is 11.6 Å². The Morgan fingerprint density at radius 1 is 1.21 bits per heavy atom. The molecule has 1 atom stereocenters. The summed E-state index contributed by atoms with van der Waals surface area (Å²) >= 11 is 6.49. The van der Waals surface area contributed by atoms with Crippen LogP contribution in [0.4, 0.5) is 18.9 Å². The zero-order chi connectivity index (χ0) is 27.9. The Bertz CT molecular complexity index is 1530. The van der Waals surface area contributed by atoms with Crippen LogP contribution in [-0.2, 0) is 27.8 Å². The number of para-hydroxylation sites is 1. The first kappa shape index (κ1) is 27.9. The number of hydrogen-bond donors (Lipinski definition) is 2. The number of aliphatic hydroxyl groups is 1. The lowest BCUT2D eigenvalue weighted by Crippen LogP contribution is -2.41. The van der Waals surface area contributed by atoms with Crippen LogP contribution in [0.15, 0.2) is 53.6 Å². The second-order valence-corrected chi connectivity index (χ2v) is 12.3. The van der Waals surface area contributed by atoms with Gasteiger partial charge in [-0.25, -0.2) is 8.42 Å². The van der Waals surface area contributed by atoms with E-state index in [0.29, 0.717) is 17.3 Å². The van der Waals surface area contributed by atoms with Gasteiger partial charge in [-0.2, -0.15) is 18.4 Å². The summed E-state index contributed by atoms with van der Waals surface area (Å²) < 4.78 is 67.7. The van der Waals surface area contributed by atoms with E-state index in [2.05, 4.69) is 10.3 Å². The molecular formula is C27H25ClF3N3O3S. The highest BCUT2D eigenvalue weighted by Gasteiger charge is 2.40. The van der Waals surface area contributed by atoms with Gasteiger partial charge < -0.3 is 10.4 Å². The third-order valence-electron chi connectivity index (χ3n) is 6.71. The molecule has 200 valence electrons. The van der Waals surface area contributed by atoms with Crippen molar-refractivity contribution in [1.29, 1.82) is 5.26 Å². The Labute approximate surface area is 224 Å². The zero-order valence-corrected chi connectivity index (χ0v) is 22.2. The first-order chi connectivity index (χ1) is 17.8. The summed E-state index contributed by atoms with van der Waals surface area (Å²) in [5.74, 6) is 0. The number of anilines is 1. The summed E-state index contributed by atoms with van der Waals surface area (Å²) in [6, 6.07) is 12.5. The molecule has 0 radical (unpaired) electrons. The summed E-state index contributed by atoms with van der Waals surface area (Å²) in [5, 5.41) is 21.1. The van der Waals surface area contributed by atoms with E-state index in [4.69, 9.17) is 11.6 Å². The molecule has 0 aliphatic carbocycles. The SMILES string of the molecule is CC1(C)CC(S(=O)(=O)c2cc(-c3cnc(C(F)(F)F)cc3C#N)c(Cl)cc2CCCO)Nc2ccccc21. The average molecular weight is 564 g/mol. The van der Waals surface area contributed by atoms with Crippen molar-refractivity contribution < 1.29 is 26.7 Å². The molecule has 0 amide bonds. The van der Waals surface area contributed by atoms with Crippen LogP contribution in [0, 0.1) is 11.3 Å². The lowest BCUT2D eigenvalue weighted by molar-refractivity contribution is -0.141. The number of rotatable bonds is 6. The molecule has 6 nitrogen and oxygen atoms in total. The van der Waals surface area contributed by atoms with Crippen molar-refractivity contribution in [2.24, 2.45) is 0 Å². The van der Waals surface area contributed by atoms with E-state index in [1.165, 1.54) is 12.1 Å². The lowest BCUT2D eigenvalue weighted by atomic mass is 9.78. The van der Waals surface area contributed by atoms with Crippen molar-refractivity contribution in [3.8, 4) is 17.2 Å². The van der Waals surface area contributed by atoms with E-state index in [-0.39, 0.29) is 52.5 Å². The number of fused-ring (bicyclic) bond motifs is 1. The number of sulfone groups is 1. The number of aromatic nitrogens is 1. The highest BCUT2D eigenvalue weighted by molar-refractivity contribution is 7.92. The van der Waals surface area contributed by atoms with Crippen LogP contribution in [-0.4, -0.2) is 30.5 Å². The van der Waals surface area contributed by atoms with Crippen molar-refractivity contribution in [3.05, 3.63) is 76.1 Å². The maximum absolute atomic E-state index is 14.1. The molecule has 2 N–H and O–H groups in total. The number of aliphatic hydroxyl groups excluding tert-OH is 1. The molecular weight excluding hydrogens is 539 g/mol. The maximum atomic E-state index is 14.1. The van der Waals surface area contributed by atoms with Gasteiger partial charge in [0.1, 0.15) is 11.1 Å². The Hall–Kier alpha value is -3.13. The van der Waals surface area contributed by atoms with Gasteiger partial charge in [0.2, 0.25) is 0 Å². The van der Waals surface area contributed by atoms with Gasteiger partial charge in [0, 0.05) is 34.6 Å². The smallest absolute Gasteiger partial charge is 0.396 e.